The van der Waals surface area contributed by atoms with Crippen molar-refractivity contribution in [2.45, 2.75) is 27.2 Å². The molecule has 0 spiro atoms. The lowest BCUT2D eigenvalue weighted by Gasteiger charge is -2.23. The summed E-state index contributed by atoms with van der Waals surface area (Å²) in [6.07, 6.45) is 0.403. The van der Waals surface area contributed by atoms with Crippen LogP contribution in [0.5, 0.6) is 0 Å². The number of carboxylic acids is 1. The van der Waals surface area contributed by atoms with Crippen molar-refractivity contribution in [1.82, 2.24) is 15.5 Å². The molecule has 0 aliphatic heterocycles. The van der Waals surface area contributed by atoms with E-state index in [0.717, 1.165) is 0 Å². The summed E-state index contributed by atoms with van der Waals surface area (Å²) in [4.78, 5) is 35.4. The van der Waals surface area contributed by atoms with E-state index >= 15 is 0 Å². The molecule has 3 N–H and O–H groups in total. The minimum atomic E-state index is -0.998. The Bertz CT molecular complexity index is 346. The fraction of sp³-hybridized carbons (Fsp3) is 0.750. The molecule has 110 valence electrons. The van der Waals surface area contributed by atoms with Crippen LogP contribution >= 0.6 is 0 Å². The van der Waals surface area contributed by atoms with Gasteiger partial charge in [-0.05, 0) is 20.3 Å². The molecule has 0 heterocycles. The van der Waals surface area contributed by atoms with Crippen LogP contribution < -0.4 is 10.6 Å². The van der Waals surface area contributed by atoms with Crippen molar-refractivity contribution in [1.29, 1.82) is 0 Å². The van der Waals surface area contributed by atoms with Gasteiger partial charge in [0, 0.05) is 20.1 Å². The maximum atomic E-state index is 11.5. The Labute approximate surface area is 113 Å². The van der Waals surface area contributed by atoms with E-state index in [1.807, 2.05) is 6.92 Å². The molecular formula is C12H23N3O4. The molecule has 0 radical (unpaired) electrons. The second-order valence-electron chi connectivity index (χ2n) is 4.66. The van der Waals surface area contributed by atoms with Crippen molar-refractivity contribution in [3.05, 3.63) is 0 Å². The number of amides is 3. The molecule has 1 unspecified atom stereocenters. The fourth-order valence-electron chi connectivity index (χ4n) is 1.16. The first kappa shape index (κ1) is 17.2. The first-order chi connectivity index (χ1) is 8.76. The number of nitrogens with zero attached hydrogens (tertiary/aromatic N) is 1. The lowest BCUT2D eigenvalue weighted by atomic mass is 9.88. The topological polar surface area (TPSA) is 98.7 Å². The molecule has 7 heteroatoms. The van der Waals surface area contributed by atoms with Crippen molar-refractivity contribution < 1.29 is 19.5 Å². The molecule has 7 nitrogen and oxygen atoms in total. The molecule has 1 atom stereocenters. The lowest BCUT2D eigenvalue weighted by Crippen LogP contribution is -2.47. The van der Waals surface area contributed by atoms with Crippen LogP contribution in [-0.2, 0) is 9.59 Å². The molecule has 0 bridgehead atoms. The number of carboxylic acid groups (broad SMARTS) is 1. The summed E-state index contributed by atoms with van der Waals surface area (Å²) in [6, 6.07) is -0.543. The molecule has 0 aromatic carbocycles. The van der Waals surface area contributed by atoms with Gasteiger partial charge < -0.3 is 20.6 Å². The highest BCUT2D eigenvalue weighted by atomic mass is 16.4. The number of urea groups is 1. The molecule has 3 amide bonds. The molecule has 0 rings (SSSR count). The van der Waals surface area contributed by atoms with Crippen LogP contribution in [0.2, 0.25) is 0 Å². The first-order valence-corrected chi connectivity index (χ1v) is 6.26. The average Bonchev–Trinajstić information content (AvgIpc) is 2.40. The fourth-order valence-corrected chi connectivity index (χ4v) is 1.16. The van der Waals surface area contributed by atoms with E-state index in [4.69, 9.17) is 5.11 Å². The van der Waals surface area contributed by atoms with Crippen LogP contribution in [0.15, 0.2) is 0 Å². The van der Waals surface area contributed by atoms with Crippen molar-refractivity contribution in [3.8, 4) is 0 Å². The highest BCUT2D eigenvalue weighted by molar-refractivity contribution is 5.84. The summed E-state index contributed by atoms with van der Waals surface area (Å²) in [5.41, 5.74) is -0.998. The number of carbonyl (C=O) groups excluding carboxylic acids is 2. The number of hydrogen-bond acceptors (Lipinski definition) is 3. The zero-order valence-corrected chi connectivity index (χ0v) is 11.9. The van der Waals surface area contributed by atoms with Gasteiger partial charge in [-0.25, -0.2) is 4.79 Å². The van der Waals surface area contributed by atoms with Crippen LogP contribution in [0.1, 0.15) is 27.2 Å². The Hall–Kier alpha value is -1.79. The smallest absolute Gasteiger partial charge is 0.315 e. The number of likely N-dealkylation sites (N-methyl/N-ethyl adjacent to an activating group) is 1. The van der Waals surface area contributed by atoms with E-state index in [9.17, 15) is 14.4 Å². The molecular weight excluding hydrogens is 250 g/mol. The molecule has 0 aromatic heterocycles. The number of aliphatic carboxylic acids is 1. The number of carbonyl (C=O) groups is 3. The number of hydrogen-bond donors (Lipinski definition) is 3. The predicted octanol–water partition coefficient (Wildman–Crippen LogP) is 0.265. The number of rotatable bonds is 7. The molecule has 0 saturated carbocycles. The molecule has 0 aliphatic carbocycles. The minimum absolute atomic E-state index is 0.0163. The van der Waals surface area contributed by atoms with Crippen LogP contribution in [0, 0.1) is 5.41 Å². The maximum absolute atomic E-state index is 11.5. The van der Waals surface area contributed by atoms with Crippen molar-refractivity contribution in [2.75, 3.05) is 26.7 Å². The minimum Gasteiger partial charge on any atom is -0.481 e. The lowest BCUT2D eigenvalue weighted by molar-refractivity contribution is -0.147. The van der Waals surface area contributed by atoms with Crippen LogP contribution in [0.3, 0.4) is 0 Å². The predicted molar refractivity (Wildman–Crippen MR) is 70.7 cm³/mol. The molecule has 0 saturated heterocycles. The maximum Gasteiger partial charge on any atom is 0.315 e. The standard InChI is InChI=1S/C12H23N3O4/c1-5-12(3,10(17)18)8-14-11(19)13-7-9(16)15(4)6-2/h5-8H2,1-4H3,(H,17,18)(H2,13,14,19). The van der Waals surface area contributed by atoms with E-state index < -0.39 is 17.4 Å². The van der Waals surface area contributed by atoms with Gasteiger partial charge >= 0.3 is 12.0 Å². The Kier molecular flexibility index (Phi) is 6.89. The Balaban J connectivity index is 4.13. The molecule has 0 aliphatic rings. The molecule has 0 fully saturated rings. The third kappa shape index (κ3) is 5.58. The van der Waals surface area contributed by atoms with Crippen LogP contribution in [-0.4, -0.2) is 54.6 Å². The summed E-state index contributed by atoms with van der Waals surface area (Å²) in [5.74, 6) is -1.16. The van der Waals surface area contributed by atoms with E-state index in [2.05, 4.69) is 10.6 Å². The van der Waals surface area contributed by atoms with Gasteiger partial charge in [0.25, 0.3) is 0 Å². The van der Waals surface area contributed by atoms with Crippen molar-refractivity contribution in [2.24, 2.45) is 5.41 Å². The quantitative estimate of drug-likeness (QED) is 0.620. The largest absolute Gasteiger partial charge is 0.481 e. The van der Waals surface area contributed by atoms with Crippen molar-refractivity contribution in [3.63, 3.8) is 0 Å². The van der Waals surface area contributed by atoms with Gasteiger partial charge in [0.05, 0.1) is 12.0 Å². The third-order valence-corrected chi connectivity index (χ3v) is 3.24. The van der Waals surface area contributed by atoms with Crippen molar-refractivity contribution >= 4 is 17.9 Å². The first-order valence-electron chi connectivity index (χ1n) is 6.26. The highest BCUT2D eigenvalue weighted by Gasteiger charge is 2.31. The van der Waals surface area contributed by atoms with E-state index in [-0.39, 0.29) is 19.0 Å². The summed E-state index contributed by atoms with van der Waals surface area (Å²) < 4.78 is 0. The Morgan fingerprint density at radius 2 is 1.79 bits per heavy atom. The average molecular weight is 273 g/mol. The number of nitrogens with one attached hydrogen (secondary N) is 2. The van der Waals surface area contributed by atoms with E-state index in [1.165, 1.54) is 4.90 Å². The Morgan fingerprint density at radius 3 is 2.21 bits per heavy atom. The molecule has 19 heavy (non-hydrogen) atoms. The second-order valence-corrected chi connectivity index (χ2v) is 4.66. The monoisotopic (exact) mass is 273 g/mol. The second kappa shape index (κ2) is 7.60. The van der Waals surface area contributed by atoms with Gasteiger partial charge in [0.15, 0.2) is 0 Å². The van der Waals surface area contributed by atoms with Gasteiger partial charge in [0.1, 0.15) is 0 Å². The highest BCUT2D eigenvalue weighted by Crippen LogP contribution is 2.19. The van der Waals surface area contributed by atoms with Gasteiger partial charge in [0.2, 0.25) is 5.91 Å². The van der Waals surface area contributed by atoms with Gasteiger partial charge in [-0.1, -0.05) is 6.92 Å². The van der Waals surface area contributed by atoms with Gasteiger partial charge in [-0.2, -0.15) is 0 Å². The summed E-state index contributed by atoms with van der Waals surface area (Å²) >= 11 is 0. The van der Waals surface area contributed by atoms with Crippen LogP contribution in [0.25, 0.3) is 0 Å². The summed E-state index contributed by atoms with van der Waals surface area (Å²) in [7, 11) is 1.64. The molecule has 0 aromatic rings. The third-order valence-electron chi connectivity index (χ3n) is 3.24. The zero-order valence-electron chi connectivity index (χ0n) is 11.9. The van der Waals surface area contributed by atoms with Gasteiger partial charge in [-0.15, -0.1) is 0 Å². The summed E-state index contributed by atoms with van der Waals surface area (Å²) in [5, 5.41) is 13.9. The van der Waals surface area contributed by atoms with Crippen LogP contribution in [0.4, 0.5) is 4.79 Å². The van der Waals surface area contributed by atoms with E-state index in [1.54, 1.807) is 20.9 Å². The van der Waals surface area contributed by atoms with Gasteiger partial charge in [-0.3, -0.25) is 9.59 Å². The Morgan fingerprint density at radius 1 is 1.21 bits per heavy atom. The zero-order chi connectivity index (χ0) is 15.1. The normalized spacial score (nSPS) is 13.3. The SMILES string of the molecule is CCN(C)C(=O)CNC(=O)NCC(C)(CC)C(=O)O. The van der Waals surface area contributed by atoms with E-state index in [0.29, 0.717) is 13.0 Å². The summed E-state index contributed by atoms with van der Waals surface area (Å²) in [6.45, 7) is 5.61.